The van der Waals surface area contributed by atoms with Crippen molar-refractivity contribution in [2.45, 2.75) is 39.3 Å². The zero-order valence-corrected chi connectivity index (χ0v) is 11.3. The molecule has 4 nitrogen and oxygen atoms in total. The molecule has 0 aliphatic carbocycles. The van der Waals surface area contributed by atoms with E-state index in [1.54, 1.807) is 0 Å². The Kier molecular flexibility index (Phi) is 5.16. The molecule has 4 heteroatoms. The number of carbonyl (C=O) groups excluding carboxylic acids is 1. The van der Waals surface area contributed by atoms with Crippen molar-refractivity contribution < 1.29 is 9.53 Å². The maximum Gasteiger partial charge on any atom is 0.220 e. The lowest BCUT2D eigenvalue weighted by Gasteiger charge is -2.20. The van der Waals surface area contributed by atoms with E-state index < -0.39 is 0 Å². The second-order valence-corrected chi connectivity index (χ2v) is 5.31. The van der Waals surface area contributed by atoms with Crippen LogP contribution in [0.2, 0.25) is 0 Å². The summed E-state index contributed by atoms with van der Waals surface area (Å²) in [6, 6.07) is 7.83. The van der Waals surface area contributed by atoms with E-state index in [1.807, 2.05) is 24.3 Å². The van der Waals surface area contributed by atoms with E-state index in [0.29, 0.717) is 6.61 Å². The summed E-state index contributed by atoms with van der Waals surface area (Å²) in [5.41, 5.74) is 6.34. The molecule has 0 aliphatic rings. The number of rotatable bonds is 6. The molecular formula is C14H22N2O2. The van der Waals surface area contributed by atoms with Crippen LogP contribution in [0.1, 0.15) is 32.8 Å². The predicted molar refractivity (Wildman–Crippen MR) is 72.3 cm³/mol. The number of nitrogens with one attached hydrogen (secondary N) is 1. The van der Waals surface area contributed by atoms with Gasteiger partial charge in [-0.3, -0.25) is 4.79 Å². The fourth-order valence-corrected chi connectivity index (χ4v) is 1.34. The molecule has 0 spiro atoms. The normalized spacial score (nSPS) is 11.3. The lowest BCUT2D eigenvalue weighted by molar-refractivity contribution is -0.118. The Morgan fingerprint density at radius 3 is 2.39 bits per heavy atom. The molecule has 0 atom stereocenters. The van der Waals surface area contributed by atoms with Crippen LogP contribution in [0.5, 0.6) is 5.75 Å². The van der Waals surface area contributed by atoms with Crippen LogP contribution in [-0.2, 0) is 11.3 Å². The highest BCUT2D eigenvalue weighted by molar-refractivity contribution is 5.73. The molecule has 0 bridgehead atoms. The summed E-state index contributed by atoms with van der Waals surface area (Å²) in [5, 5.41) is 3.41. The number of hydrogen-bond acceptors (Lipinski definition) is 3. The summed E-state index contributed by atoms with van der Waals surface area (Å²) >= 11 is 0. The average molecular weight is 250 g/mol. The minimum atomic E-state index is -0.346. The summed E-state index contributed by atoms with van der Waals surface area (Å²) in [5.74, 6) is 0.414. The van der Waals surface area contributed by atoms with Gasteiger partial charge >= 0.3 is 0 Å². The van der Waals surface area contributed by atoms with Crippen LogP contribution in [0.3, 0.4) is 0 Å². The summed E-state index contributed by atoms with van der Waals surface area (Å²) in [6.45, 7) is 7.55. The molecule has 3 N–H and O–H groups in total. The highest BCUT2D eigenvalue weighted by Crippen LogP contribution is 2.13. The molecule has 1 rings (SSSR count). The predicted octanol–water partition coefficient (Wildman–Crippen LogP) is 1.83. The van der Waals surface area contributed by atoms with Crippen molar-refractivity contribution >= 4 is 5.91 Å². The molecule has 18 heavy (non-hydrogen) atoms. The highest BCUT2D eigenvalue weighted by Gasteiger charge is 2.08. The van der Waals surface area contributed by atoms with Crippen molar-refractivity contribution in [1.29, 1.82) is 0 Å². The van der Waals surface area contributed by atoms with Gasteiger partial charge in [-0.15, -0.1) is 0 Å². The lowest BCUT2D eigenvalue weighted by atomic mass is 10.1. The molecule has 0 unspecified atom stereocenters. The maximum absolute atomic E-state index is 10.6. The van der Waals surface area contributed by atoms with Crippen LogP contribution >= 0.6 is 0 Å². The summed E-state index contributed by atoms with van der Waals surface area (Å²) in [4.78, 5) is 10.6. The largest absolute Gasteiger partial charge is 0.493 e. The number of nitrogens with two attached hydrogens (primary N) is 1. The second-order valence-electron chi connectivity index (χ2n) is 5.31. The van der Waals surface area contributed by atoms with Gasteiger partial charge in [-0.05, 0) is 38.5 Å². The highest BCUT2D eigenvalue weighted by atomic mass is 16.5. The molecule has 1 amide bonds. The molecule has 0 heterocycles. The van der Waals surface area contributed by atoms with Crippen molar-refractivity contribution in [2.75, 3.05) is 6.61 Å². The Morgan fingerprint density at radius 2 is 1.89 bits per heavy atom. The van der Waals surface area contributed by atoms with Gasteiger partial charge in [0.15, 0.2) is 0 Å². The molecule has 0 saturated heterocycles. The van der Waals surface area contributed by atoms with Gasteiger partial charge in [-0.1, -0.05) is 12.1 Å². The first kappa shape index (κ1) is 14.5. The average Bonchev–Trinajstić information content (AvgIpc) is 2.26. The van der Waals surface area contributed by atoms with E-state index in [0.717, 1.165) is 12.3 Å². The first-order chi connectivity index (χ1) is 8.37. The Hall–Kier alpha value is -1.55. The molecular weight excluding hydrogens is 228 g/mol. The zero-order valence-electron chi connectivity index (χ0n) is 11.3. The number of hydrogen-bond donors (Lipinski definition) is 2. The first-order valence-electron chi connectivity index (χ1n) is 6.12. The summed E-state index contributed by atoms with van der Waals surface area (Å²) in [7, 11) is 0. The molecule has 0 aliphatic heterocycles. The van der Waals surface area contributed by atoms with Gasteiger partial charge in [0.2, 0.25) is 5.91 Å². The SMILES string of the molecule is CC(C)(C)NCc1ccc(OCCC(N)=O)cc1. The van der Waals surface area contributed by atoms with Crippen molar-refractivity contribution in [3.05, 3.63) is 29.8 Å². The molecule has 0 saturated carbocycles. The standard InChI is InChI=1S/C14H22N2O2/c1-14(2,3)16-10-11-4-6-12(7-5-11)18-9-8-13(15)17/h4-7,16H,8-10H2,1-3H3,(H2,15,17). The Balaban J connectivity index is 2.40. The van der Waals surface area contributed by atoms with Gasteiger partial charge in [0.25, 0.3) is 0 Å². The fraction of sp³-hybridized carbons (Fsp3) is 0.500. The quantitative estimate of drug-likeness (QED) is 0.809. The third kappa shape index (κ3) is 6.25. The van der Waals surface area contributed by atoms with E-state index in [4.69, 9.17) is 10.5 Å². The second kappa shape index (κ2) is 6.40. The number of amides is 1. The van der Waals surface area contributed by atoms with E-state index in [-0.39, 0.29) is 17.9 Å². The number of primary amides is 1. The summed E-state index contributed by atoms with van der Waals surface area (Å²) in [6.07, 6.45) is 0.243. The van der Waals surface area contributed by atoms with Crippen molar-refractivity contribution in [1.82, 2.24) is 5.32 Å². The molecule has 1 aromatic rings. The third-order valence-corrected chi connectivity index (χ3v) is 2.36. The number of carbonyl (C=O) groups is 1. The summed E-state index contributed by atoms with van der Waals surface area (Å²) < 4.78 is 5.40. The minimum absolute atomic E-state index is 0.108. The van der Waals surface area contributed by atoms with Gasteiger partial charge in [0, 0.05) is 12.1 Å². The van der Waals surface area contributed by atoms with Crippen molar-refractivity contribution in [3.63, 3.8) is 0 Å². The van der Waals surface area contributed by atoms with Crippen molar-refractivity contribution in [2.24, 2.45) is 5.73 Å². The van der Waals surface area contributed by atoms with Gasteiger partial charge < -0.3 is 15.8 Å². The molecule has 0 fully saturated rings. The third-order valence-electron chi connectivity index (χ3n) is 2.36. The minimum Gasteiger partial charge on any atom is -0.493 e. The van der Waals surface area contributed by atoms with Gasteiger partial charge in [0.1, 0.15) is 5.75 Å². The molecule has 0 radical (unpaired) electrons. The Bertz CT molecular complexity index is 380. The Morgan fingerprint density at radius 1 is 1.28 bits per heavy atom. The van der Waals surface area contributed by atoms with E-state index in [9.17, 15) is 4.79 Å². The van der Waals surface area contributed by atoms with Crippen LogP contribution in [0.25, 0.3) is 0 Å². The van der Waals surface area contributed by atoms with E-state index in [1.165, 1.54) is 5.56 Å². The fourth-order valence-electron chi connectivity index (χ4n) is 1.34. The van der Waals surface area contributed by atoms with E-state index >= 15 is 0 Å². The monoisotopic (exact) mass is 250 g/mol. The van der Waals surface area contributed by atoms with Crippen LogP contribution < -0.4 is 15.8 Å². The first-order valence-corrected chi connectivity index (χ1v) is 6.12. The van der Waals surface area contributed by atoms with Gasteiger partial charge in [-0.2, -0.15) is 0 Å². The molecule has 0 aromatic heterocycles. The zero-order chi connectivity index (χ0) is 13.6. The Labute approximate surface area is 109 Å². The topological polar surface area (TPSA) is 64.3 Å². The van der Waals surface area contributed by atoms with E-state index in [2.05, 4.69) is 26.1 Å². The van der Waals surface area contributed by atoms with Crippen LogP contribution in [-0.4, -0.2) is 18.1 Å². The van der Waals surface area contributed by atoms with Gasteiger partial charge in [-0.25, -0.2) is 0 Å². The smallest absolute Gasteiger partial charge is 0.220 e. The maximum atomic E-state index is 10.6. The van der Waals surface area contributed by atoms with Crippen LogP contribution in [0.4, 0.5) is 0 Å². The number of ether oxygens (including phenoxy) is 1. The lowest BCUT2D eigenvalue weighted by Crippen LogP contribution is -2.35. The van der Waals surface area contributed by atoms with Crippen LogP contribution in [0, 0.1) is 0 Å². The number of benzene rings is 1. The van der Waals surface area contributed by atoms with Gasteiger partial charge in [0.05, 0.1) is 13.0 Å². The molecule has 100 valence electrons. The van der Waals surface area contributed by atoms with Crippen molar-refractivity contribution in [3.8, 4) is 5.75 Å². The molecule has 1 aromatic carbocycles. The van der Waals surface area contributed by atoms with Crippen LogP contribution in [0.15, 0.2) is 24.3 Å².